The predicted octanol–water partition coefficient (Wildman–Crippen LogP) is 8.76. The van der Waals surface area contributed by atoms with Crippen molar-refractivity contribution in [1.29, 1.82) is 0 Å². The van der Waals surface area contributed by atoms with Crippen LogP contribution in [-0.4, -0.2) is 0 Å². The van der Waals surface area contributed by atoms with E-state index in [1.807, 2.05) is 47.0 Å². The van der Waals surface area contributed by atoms with Crippen LogP contribution in [0.5, 0.6) is 0 Å². The molecular formula is C22H13BrS4. The van der Waals surface area contributed by atoms with Crippen LogP contribution in [0.25, 0.3) is 5.57 Å². The van der Waals surface area contributed by atoms with Crippen molar-refractivity contribution in [2.75, 3.05) is 0 Å². The largest absolute Gasteiger partial charge is 0.0815 e. The molecule has 27 heavy (non-hydrogen) atoms. The van der Waals surface area contributed by atoms with Crippen molar-refractivity contribution in [3.63, 3.8) is 0 Å². The van der Waals surface area contributed by atoms with Crippen LogP contribution in [0.2, 0.25) is 0 Å². The van der Waals surface area contributed by atoms with Crippen LogP contribution < -0.4 is 0 Å². The third-order valence-electron chi connectivity index (χ3n) is 4.16. The van der Waals surface area contributed by atoms with Crippen LogP contribution in [0.4, 0.5) is 0 Å². The number of fused-ring (bicyclic) bond motifs is 2. The molecule has 2 heterocycles. The molecule has 0 saturated carbocycles. The van der Waals surface area contributed by atoms with E-state index < -0.39 is 0 Å². The second-order valence-corrected chi connectivity index (χ2v) is 11.7. The van der Waals surface area contributed by atoms with E-state index in [2.05, 4.69) is 94.8 Å². The molecule has 3 aromatic rings. The number of benzene rings is 3. The lowest BCUT2D eigenvalue weighted by Crippen LogP contribution is -1.84. The van der Waals surface area contributed by atoms with Gasteiger partial charge in [0.25, 0.3) is 0 Å². The van der Waals surface area contributed by atoms with E-state index >= 15 is 0 Å². The lowest BCUT2D eigenvalue weighted by Gasteiger charge is -2.08. The molecule has 0 fully saturated rings. The van der Waals surface area contributed by atoms with Gasteiger partial charge in [0, 0.05) is 29.6 Å². The van der Waals surface area contributed by atoms with Crippen LogP contribution in [0.1, 0.15) is 5.56 Å². The normalized spacial score (nSPS) is 14.9. The lowest BCUT2D eigenvalue weighted by molar-refractivity contribution is 1.27. The summed E-state index contributed by atoms with van der Waals surface area (Å²) in [6.45, 7) is 0. The van der Waals surface area contributed by atoms with Gasteiger partial charge < -0.3 is 0 Å². The summed E-state index contributed by atoms with van der Waals surface area (Å²) in [6.07, 6.45) is 2.36. The first kappa shape index (κ1) is 18.1. The van der Waals surface area contributed by atoms with Crippen molar-refractivity contribution < 1.29 is 0 Å². The fourth-order valence-electron chi connectivity index (χ4n) is 2.87. The van der Waals surface area contributed by atoms with Gasteiger partial charge in [0.2, 0.25) is 0 Å². The quantitative estimate of drug-likeness (QED) is 0.356. The fourth-order valence-corrected chi connectivity index (χ4v) is 8.07. The molecule has 0 amide bonds. The molecule has 0 aromatic heterocycles. The van der Waals surface area contributed by atoms with E-state index in [4.69, 9.17) is 0 Å². The van der Waals surface area contributed by atoms with Crippen molar-refractivity contribution in [2.24, 2.45) is 0 Å². The minimum atomic E-state index is 1.11. The maximum atomic E-state index is 3.56. The maximum absolute atomic E-state index is 3.56. The predicted molar refractivity (Wildman–Crippen MR) is 125 cm³/mol. The van der Waals surface area contributed by atoms with Crippen molar-refractivity contribution in [3.8, 4) is 0 Å². The molecule has 132 valence electrons. The molecular weight excluding hydrogens is 472 g/mol. The van der Waals surface area contributed by atoms with Crippen LogP contribution in [0, 0.1) is 0 Å². The summed E-state index contributed by atoms with van der Waals surface area (Å²) >= 11 is 11.0. The highest BCUT2D eigenvalue weighted by atomic mass is 79.9. The first-order chi connectivity index (χ1) is 13.3. The Morgan fingerprint density at radius 3 is 1.63 bits per heavy atom. The Balaban J connectivity index is 1.57. The van der Waals surface area contributed by atoms with E-state index in [0.717, 1.165) is 4.47 Å². The summed E-state index contributed by atoms with van der Waals surface area (Å²) in [5.74, 6) is 0. The molecule has 0 unspecified atom stereocenters. The standard InChI is InChI=1S/C22H13BrS4/c23-15-11-9-14(10-12-15)16(22-26-19-7-3-4-8-20(19)27-22)13-21-24-17-5-1-2-6-18(17)25-21/h1-13H. The number of hydrogen-bond acceptors (Lipinski definition) is 4. The lowest BCUT2D eigenvalue weighted by atomic mass is 10.1. The van der Waals surface area contributed by atoms with Crippen molar-refractivity contribution in [3.05, 3.63) is 97.4 Å². The summed E-state index contributed by atoms with van der Waals surface area (Å²) in [5, 5.41) is 0. The maximum Gasteiger partial charge on any atom is 0.0578 e. The van der Waals surface area contributed by atoms with Gasteiger partial charge in [-0.1, -0.05) is 99.4 Å². The summed E-state index contributed by atoms with van der Waals surface area (Å²) in [5.41, 5.74) is 2.56. The van der Waals surface area contributed by atoms with Gasteiger partial charge >= 0.3 is 0 Å². The minimum absolute atomic E-state index is 1.11. The van der Waals surface area contributed by atoms with Crippen LogP contribution in [-0.2, 0) is 0 Å². The molecule has 0 aliphatic carbocycles. The number of allylic oxidation sites excluding steroid dienone is 2. The third kappa shape index (κ3) is 3.81. The molecule has 0 atom stereocenters. The molecule has 0 N–H and O–H groups in total. The van der Waals surface area contributed by atoms with E-state index in [1.165, 1.54) is 39.2 Å². The first-order valence-electron chi connectivity index (χ1n) is 8.38. The highest BCUT2D eigenvalue weighted by molar-refractivity contribution is 9.10. The van der Waals surface area contributed by atoms with Gasteiger partial charge in [-0.15, -0.1) is 0 Å². The van der Waals surface area contributed by atoms with Gasteiger partial charge in [0.1, 0.15) is 0 Å². The smallest absolute Gasteiger partial charge is 0.0578 e. The second-order valence-electron chi connectivity index (χ2n) is 5.97. The Hall–Kier alpha value is -0.980. The average molecular weight is 486 g/mol. The second kappa shape index (κ2) is 7.80. The molecule has 0 radical (unpaired) electrons. The Bertz CT molecular complexity index is 1030. The van der Waals surface area contributed by atoms with Gasteiger partial charge in [-0.2, -0.15) is 0 Å². The Labute approximate surface area is 184 Å². The molecule has 0 saturated heterocycles. The monoisotopic (exact) mass is 484 g/mol. The topological polar surface area (TPSA) is 0 Å². The van der Waals surface area contributed by atoms with Gasteiger partial charge in [-0.3, -0.25) is 0 Å². The van der Waals surface area contributed by atoms with E-state index in [9.17, 15) is 0 Å². The van der Waals surface area contributed by atoms with E-state index in [1.54, 1.807) is 0 Å². The molecule has 5 rings (SSSR count). The summed E-state index contributed by atoms with van der Waals surface area (Å²) in [4.78, 5) is 5.40. The van der Waals surface area contributed by atoms with Gasteiger partial charge in [-0.05, 0) is 48.0 Å². The molecule has 0 bridgehead atoms. The number of hydrogen-bond donors (Lipinski definition) is 0. The zero-order valence-electron chi connectivity index (χ0n) is 14.0. The average Bonchev–Trinajstić information content (AvgIpc) is 3.30. The number of halogens is 1. The van der Waals surface area contributed by atoms with Crippen LogP contribution in [0.15, 0.2) is 111 Å². The molecule has 0 spiro atoms. The van der Waals surface area contributed by atoms with Crippen molar-refractivity contribution in [2.45, 2.75) is 19.6 Å². The highest BCUT2D eigenvalue weighted by Crippen LogP contribution is 2.56. The van der Waals surface area contributed by atoms with E-state index in [0.29, 0.717) is 0 Å². The van der Waals surface area contributed by atoms with Crippen molar-refractivity contribution in [1.82, 2.24) is 0 Å². The third-order valence-corrected chi connectivity index (χ3v) is 9.70. The Morgan fingerprint density at radius 2 is 1.11 bits per heavy atom. The fraction of sp³-hybridized carbons (Fsp3) is 0. The van der Waals surface area contributed by atoms with Crippen molar-refractivity contribution >= 4 is 68.6 Å². The molecule has 2 aliphatic heterocycles. The zero-order chi connectivity index (χ0) is 18.2. The summed E-state index contributed by atoms with van der Waals surface area (Å²) in [7, 11) is 0. The zero-order valence-corrected chi connectivity index (χ0v) is 18.9. The molecule has 0 nitrogen and oxygen atoms in total. The summed E-state index contributed by atoms with van der Waals surface area (Å²) < 4.78 is 3.79. The van der Waals surface area contributed by atoms with Gasteiger partial charge in [0.15, 0.2) is 0 Å². The number of thioether (sulfide) groups is 4. The highest BCUT2D eigenvalue weighted by Gasteiger charge is 2.23. The molecule has 5 heteroatoms. The summed E-state index contributed by atoms with van der Waals surface area (Å²) in [6, 6.07) is 25.9. The SMILES string of the molecule is Brc1ccc(C(C=C2Sc3ccccc3S2)=C2Sc3ccccc3S2)cc1. The first-order valence-corrected chi connectivity index (χ1v) is 12.4. The van der Waals surface area contributed by atoms with E-state index in [-0.39, 0.29) is 0 Å². The molecule has 2 aliphatic rings. The van der Waals surface area contributed by atoms with Gasteiger partial charge in [0.05, 0.1) is 8.47 Å². The Kier molecular flexibility index (Phi) is 5.22. The number of rotatable bonds is 2. The molecule has 3 aromatic carbocycles. The van der Waals surface area contributed by atoms with Crippen LogP contribution >= 0.6 is 63.0 Å². The Morgan fingerprint density at radius 1 is 0.630 bits per heavy atom. The minimum Gasteiger partial charge on any atom is -0.0815 e. The van der Waals surface area contributed by atoms with Crippen LogP contribution in [0.3, 0.4) is 0 Å². The van der Waals surface area contributed by atoms with Gasteiger partial charge in [-0.25, -0.2) is 0 Å².